The highest BCUT2D eigenvalue weighted by Crippen LogP contribution is 2.20. The molecule has 0 aliphatic carbocycles. The van der Waals surface area contributed by atoms with E-state index >= 15 is 0 Å². The van der Waals surface area contributed by atoms with Crippen molar-refractivity contribution in [3.05, 3.63) is 44.3 Å². The van der Waals surface area contributed by atoms with Crippen molar-refractivity contribution in [2.45, 2.75) is 6.42 Å². The van der Waals surface area contributed by atoms with Gasteiger partial charge in [-0.1, -0.05) is 23.5 Å². The number of aromatic nitrogens is 2. The Morgan fingerprint density at radius 3 is 2.73 bits per heavy atom. The molecule has 0 amide bonds. The number of halogens is 3. The van der Waals surface area contributed by atoms with Crippen LogP contribution in [0.1, 0.15) is 10.6 Å². The zero-order valence-electron chi connectivity index (χ0n) is 7.38. The molecule has 0 saturated carbocycles. The van der Waals surface area contributed by atoms with E-state index in [1.165, 1.54) is 23.5 Å². The lowest BCUT2D eigenvalue weighted by Gasteiger charge is -2.00. The van der Waals surface area contributed by atoms with Gasteiger partial charge in [0.2, 0.25) is 0 Å². The minimum atomic E-state index is -0.837. The summed E-state index contributed by atoms with van der Waals surface area (Å²) in [5, 5.41) is 8.19. The van der Waals surface area contributed by atoms with Gasteiger partial charge in [0, 0.05) is 6.42 Å². The molecule has 0 atom stereocenters. The van der Waals surface area contributed by atoms with Gasteiger partial charge in [-0.2, -0.15) is 0 Å². The average molecular weight is 291 g/mol. The van der Waals surface area contributed by atoms with Crippen molar-refractivity contribution in [1.82, 2.24) is 10.2 Å². The van der Waals surface area contributed by atoms with E-state index in [1.54, 1.807) is 0 Å². The second-order valence-electron chi connectivity index (χ2n) is 2.84. The summed E-state index contributed by atoms with van der Waals surface area (Å²) in [6.07, 6.45) is 0.257. The van der Waals surface area contributed by atoms with Crippen LogP contribution in [-0.4, -0.2) is 10.2 Å². The summed E-state index contributed by atoms with van der Waals surface area (Å²) >= 11 is 4.46. The lowest BCUT2D eigenvalue weighted by Crippen LogP contribution is -1.95. The fourth-order valence-corrected chi connectivity index (χ4v) is 2.38. The first-order valence-corrected chi connectivity index (χ1v) is 5.68. The molecular weight excluding hydrogens is 286 g/mol. The molecule has 0 bridgehead atoms. The molecule has 1 heterocycles. The number of nitrogens with zero attached hydrogens (tertiary/aromatic N) is 2. The lowest BCUT2D eigenvalue weighted by molar-refractivity contribution is 0.500. The Balaban J connectivity index is 2.28. The van der Waals surface area contributed by atoms with E-state index in [9.17, 15) is 8.78 Å². The van der Waals surface area contributed by atoms with E-state index in [4.69, 9.17) is 0 Å². The SMILES string of the molecule is Fc1cccc(Cc2nnc(Br)s2)c1F. The van der Waals surface area contributed by atoms with Gasteiger partial charge in [0.15, 0.2) is 15.6 Å². The molecule has 78 valence electrons. The Hall–Kier alpha value is -0.880. The average Bonchev–Trinajstić information content (AvgIpc) is 2.59. The predicted molar refractivity (Wildman–Crippen MR) is 56.8 cm³/mol. The van der Waals surface area contributed by atoms with Crippen LogP contribution in [0.2, 0.25) is 0 Å². The van der Waals surface area contributed by atoms with Crippen LogP contribution in [0.25, 0.3) is 0 Å². The first-order chi connectivity index (χ1) is 7.16. The number of hydrogen-bond donors (Lipinski definition) is 0. The summed E-state index contributed by atoms with van der Waals surface area (Å²) in [6.45, 7) is 0. The molecule has 0 radical (unpaired) electrons. The van der Waals surface area contributed by atoms with Gasteiger partial charge in [-0.25, -0.2) is 8.78 Å². The summed E-state index contributed by atoms with van der Waals surface area (Å²) in [6, 6.07) is 4.10. The van der Waals surface area contributed by atoms with Crippen LogP contribution in [-0.2, 0) is 6.42 Å². The molecule has 0 aliphatic rings. The Morgan fingerprint density at radius 1 is 1.27 bits per heavy atom. The second-order valence-corrected chi connectivity index (χ2v) is 5.18. The minimum Gasteiger partial charge on any atom is -0.204 e. The maximum absolute atomic E-state index is 13.3. The van der Waals surface area contributed by atoms with Crippen molar-refractivity contribution >= 4 is 27.3 Å². The molecular formula is C9H5BrF2N2S. The molecule has 1 aromatic heterocycles. The van der Waals surface area contributed by atoms with Crippen molar-refractivity contribution in [2.75, 3.05) is 0 Å². The van der Waals surface area contributed by atoms with Crippen LogP contribution in [0.4, 0.5) is 8.78 Å². The normalized spacial score (nSPS) is 10.6. The highest BCUT2D eigenvalue weighted by molar-refractivity contribution is 9.11. The second kappa shape index (κ2) is 4.32. The molecule has 0 spiro atoms. The van der Waals surface area contributed by atoms with E-state index in [1.807, 2.05) is 0 Å². The van der Waals surface area contributed by atoms with Crippen molar-refractivity contribution in [2.24, 2.45) is 0 Å². The first kappa shape index (κ1) is 10.6. The van der Waals surface area contributed by atoms with E-state index in [0.29, 0.717) is 14.5 Å². The quantitative estimate of drug-likeness (QED) is 0.849. The molecule has 1 aromatic carbocycles. The van der Waals surface area contributed by atoms with Gasteiger partial charge in [0.25, 0.3) is 0 Å². The summed E-state index contributed by atoms with van der Waals surface area (Å²) in [4.78, 5) is 0. The van der Waals surface area contributed by atoms with E-state index in [0.717, 1.165) is 6.07 Å². The standard InChI is InChI=1S/C9H5BrF2N2S/c10-9-14-13-7(15-9)4-5-2-1-3-6(11)8(5)12/h1-3H,4H2. The molecule has 2 rings (SSSR count). The summed E-state index contributed by atoms with van der Waals surface area (Å²) in [7, 11) is 0. The zero-order valence-corrected chi connectivity index (χ0v) is 9.78. The summed E-state index contributed by atoms with van der Waals surface area (Å²) < 4.78 is 26.8. The number of rotatable bonds is 2. The van der Waals surface area contributed by atoms with Crippen molar-refractivity contribution in [3.8, 4) is 0 Å². The van der Waals surface area contributed by atoms with Gasteiger partial charge in [0.05, 0.1) is 0 Å². The van der Waals surface area contributed by atoms with Gasteiger partial charge in [-0.3, -0.25) is 0 Å². The molecule has 0 fully saturated rings. The van der Waals surface area contributed by atoms with Crippen LogP contribution in [0, 0.1) is 11.6 Å². The number of benzene rings is 1. The van der Waals surface area contributed by atoms with E-state index in [-0.39, 0.29) is 6.42 Å². The largest absolute Gasteiger partial charge is 0.204 e. The van der Waals surface area contributed by atoms with E-state index in [2.05, 4.69) is 26.1 Å². The lowest BCUT2D eigenvalue weighted by atomic mass is 10.1. The van der Waals surface area contributed by atoms with Crippen LogP contribution in [0.15, 0.2) is 22.1 Å². The van der Waals surface area contributed by atoms with Crippen molar-refractivity contribution in [3.63, 3.8) is 0 Å². The Labute approximate surface area is 97.1 Å². The summed E-state index contributed by atoms with van der Waals surface area (Å²) in [5.74, 6) is -1.65. The predicted octanol–water partition coefficient (Wildman–Crippen LogP) is 3.17. The molecule has 6 heteroatoms. The Morgan fingerprint density at radius 2 is 2.07 bits per heavy atom. The first-order valence-electron chi connectivity index (χ1n) is 4.07. The molecule has 0 aliphatic heterocycles. The molecule has 0 N–H and O–H groups in total. The van der Waals surface area contributed by atoms with Gasteiger partial charge in [-0.05, 0) is 27.6 Å². The third kappa shape index (κ3) is 2.38. The molecule has 15 heavy (non-hydrogen) atoms. The van der Waals surface area contributed by atoms with Crippen LogP contribution in [0.3, 0.4) is 0 Å². The van der Waals surface area contributed by atoms with Crippen LogP contribution in [0.5, 0.6) is 0 Å². The maximum atomic E-state index is 13.3. The zero-order chi connectivity index (χ0) is 10.8. The molecule has 0 unspecified atom stereocenters. The highest BCUT2D eigenvalue weighted by Gasteiger charge is 2.10. The van der Waals surface area contributed by atoms with Gasteiger partial charge < -0.3 is 0 Å². The van der Waals surface area contributed by atoms with Gasteiger partial charge in [-0.15, -0.1) is 10.2 Å². The Bertz CT molecular complexity index is 487. The van der Waals surface area contributed by atoms with E-state index < -0.39 is 11.6 Å². The number of hydrogen-bond acceptors (Lipinski definition) is 3. The molecule has 2 aromatic rings. The third-order valence-electron chi connectivity index (χ3n) is 1.82. The topological polar surface area (TPSA) is 25.8 Å². The molecule has 0 saturated heterocycles. The fourth-order valence-electron chi connectivity index (χ4n) is 1.15. The van der Waals surface area contributed by atoms with Crippen LogP contribution < -0.4 is 0 Å². The summed E-state index contributed by atoms with van der Waals surface area (Å²) in [5.41, 5.74) is 0.290. The maximum Gasteiger partial charge on any atom is 0.183 e. The Kier molecular flexibility index (Phi) is 3.06. The smallest absolute Gasteiger partial charge is 0.183 e. The third-order valence-corrected chi connectivity index (χ3v) is 3.17. The van der Waals surface area contributed by atoms with Crippen LogP contribution >= 0.6 is 27.3 Å². The van der Waals surface area contributed by atoms with Crippen molar-refractivity contribution < 1.29 is 8.78 Å². The molecule has 2 nitrogen and oxygen atoms in total. The minimum absolute atomic E-state index is 0.257. The monoisotopic (exact) mass is 290 g/mol. The fraction of sp³-hybridized carbons (Fsp3) is 0.111. The van der Waals surface area contributed by atoms with Gasteiger partial charge in [0.1, 0.15) is 5.01 Å². The van der Waals surface area contributed by atoms with Gasteiger partial charge >= 0.3 is 0 Å². The highest BCUT2D eigenvalue weighted by atomic mass is 79.9. The van der Waals surface area contributed by atoms with Crippen molar-refractivity contribution in [1.29, 1.82) is 0 Å².